The van der Waals surface area contributed by atoms with Crippen LogP contribution < -0.4 is 0 Å². The molecule has 0 saturated heterocycles. The van der Waals surface area contributed by atoms with E-state index >= 15 is 0 Å². The third-order valence-electron chi connectivity index (χ3n) is 17.1. The average Bonchev–Trinajstić information content (AvgIpc) is 3.74. The standard InChI is InChI=1S/C72H140O17P2/c1-6-10-13-16-19-22-24-26-28-30-32-35-41-46-51-56-70(75)83-62-67(88-71(76)57-52-47-42-36-33-31-29-27-25-23-20-17-14-11-7-2)63-86-90(78,79)84-59-66(73)60-85-91(80,81)87-64-68(61-82-69(74)55-50-45-40-34-21-18-15-12-8-3)89-72(77)58-53-48-43-38-37-39-44-49-54-65(5)9-4/h65-68,73H,6-64H2,1-5H3,(H,78,79)(H,80,81)/t65?,66-,67-,68-/m1/s1. The normalized spacial score (nSPS) is 14.3. The second kappa shape index (κ2) is 65.4. The van der Waals surface area contributed by atoms with Crippen LogP contribution in [0.1, 0.15) is 375 Å². The monoisotopic (exact) mass is 1340 g/mol. The van der Waals surface area contributed by atoms with Crippen molar-refractivity contribution < 1.29 is 80.2 Å². The van der Waals surface area contributed by atoms with Crippen molar-refractivity contribution in [2.24, 2.45) is 5.92 Å². The second-order valence-electron chi connectivity index (χ2n) is 26.2. The van der Waals surface area contributed by atoms with Crippen molar-refractivity contribution in [1.82, 2.24) is 0 Å². The van der Waals surface area contributed by atoms with E-state index in [0.717, 1.165) is 95.8 Å². The fraction of sp³-hybridized carbons (Fsp3) is 0.944. The van der Waals surface area contributed by atoms with Crippen LogP contribution in [0.3, 0.4) is 0 Å². The molecule has 0 aromatic carbocycles. The number of phosphoric acid groups is 2. The van der Waals surface area contributed by atoms with Crippen LogP contribution in [0.25, 0.3) is 0 Å². The van der Waals surface area contributed by atoms with Gasteiger partial charge in [-0.25, -0.2) is 9.13 Å². The Kier molecular flexibility index (Phi) is 64.0. The number of unbranched alkanes of at least 4 members (excludes halogenated alkanes) is 43. The maximum absolute atomic E-state index is 13.0. The van der Waals surface area contributed by atoms with Crippen molar-refractivity contribution in [1.29, 1.82) is 0 Å². The molecule has 0 heterocycles. The Bertz CT molecular complexity index is 1760. The highest BCUT2D eigenvalue weighted by molar-refractivity contribution is 7.47. The van der Waals surface area contributed by atoms with E-state index in [1.54, 1.807) is 0 Å². The Morgan fingerprint density at radius 1 is 0.308 bits per heavy atom. The van der Waals surface area contributed by atoms with Gasteiger partial charge in [-0.2, -0.15) is 0 Å². The lowest BCUT2D eigenvalue weighted by atomic mass is 9.99. The van der Waals surface area contributed by atoms with Gasteiger partial charge in [-0.15, -0.1) is 0 Å². The van der Waals surface area contributed by atoms with Gasteiger partial charge in [0.15, 0.2) is 12.2 Å². The number of carbonyl (C=O) groups excluding carboxylic acids is 4. The molecule has 0 rings (SSSR count). The third-order valence-corrected chi connectivity index (χ3v) is 19.0. The number of aliphatic hydroxyl groups is 1. The van der Waals surface area contributed by atoms with Gasteiger partial charge >= 0.3 is 39.5 Å². The minimum Gasteiger partial charge on any atom is -0.462 e. The third kappa shape index (κ3) is 65.1. The Labute approximate surface area is 556 Å². The Balaban J connectivity index is 5.24. The summed E-state index contributed by atoms with van der Waals surface area (Å²) in [4.78, 5) is 72.6. The number of rotatable bonds is 72. The lowest BCUT2D eigenvalue weighted by molar-refractivity contribution is -0.161. The summed E-state index contributed by atoms with van der Waals surface area (Å²) in [6.45, 7) is 7.25. The van der Waals surface area contributed by atoms with Crippen molar-refractivity contribution in [3.05, 3.63) is 0 Å². The predicted molar refractivity (Wildman–Crippen MR) is 368 cm³/mol. The van der Waals surface area contributed by atoms with E-state index < -0.39 is 97.5 Å². The zero-order valence-corrected chi connectivity index (χ0v) is 60.8. The van der Waals surface area contributed by atoms with E-state index in [4.69, 9.17) is 37.0 Å². The van der Waals surface area contributed by atoms with Gasteiger partial charge in [-0.05, 0) is 31.6 Å². The lowest BCUT2D eigenvalue weighted by Gasteiger charge is -2.21. The van der Waals surface area contributed by atoms with Crippen LogP contribution in [-0.2, 0) is 65.4 Å². The quantitative estimate of drug-likeness (QED) is 0.0222. The summed E-state index contributed by atoms with van der Waals surface area (Å²) in [5.74, 6) is -1.35. The molecule has 0 fully saturated rings. The maximum Gasteiger partial charge on any atom is 0.472 e. The van der Waals surface area contributed by atoms with Gasteiger partial charge in [0.25, 0.3) is 0 Å². The van der Waals surface area contributed by atoms with Gasteiger partial charge in [0, 0.05) is 25.7 Å². The van der Waals surface area contributed by atoms with Crippen LogP contribution in [-0.4, -0.2) is 96.7 Å². The number of phosphoric ester groups is 2. The summed E-state index contributed by atoms with van der Waals surface area (Å²) >= 11 is 0. The van der Waals surface area contributed by atoms with E-state index in [2.05, 4.69) is 34.6 Å². The molecular formula is C72H140O17P2. The van der Waals surface area contributed by atoms with Gasteiger partial charge in [0.2, 0.25) is 0 Å². The summed E-state index contributed by atoms with van der Waals surface area (Å²) in [6, 6.07) is 0. The largest absolute Gasteiger partial charge is 0.472 e. The molecular weight excluding hydrogens is 1200 g/mol. The molecule has 3 N–H and O–H groups in total. The van der Waals surface area contributed by atoms with Crippen LogP contribution in [0.15, 0.2) is 0 Å². The van der Waals surface area contributed by atoms with Crippen LogP contribution in [0, 0.1) is 5.92 Å². The highest BCUT2D eigenvalue weighted by Crippen LogP contribution is 2.45. The summed E-state index contributed by atoms with van der Waals surface area (Å²) in [5, 5.41) is 10.6. The van der Waals surface area contributed by atoms with Gasteiger partial charge in [0.1, 0.15) is 19.3 Å². The van der Waals surface area contributed by atoms with E-state index in [1.807, 2.05) is 0 Å². The Hall–Kier alpha value is -1.94. The molecule has 0 spiro atoms. The molecule has 0 aliphatic carbocycles. The van der Waals surface area contributed by atoms with Crippen LogP contribution >= 0.6 is 15.6 Å². The van der Waals surface area contributed by atoms with E-state index in [9.17, 15) is 43.2 Å². The first-order valence-electron chi connectivity index (χ1n) is 37.7. The van der Waals surface area contributed by atoms with E-state index in [-0.39, 0.29) is 25.7 Å². The molecule has 17 nitrogen and oxygen atoms in total. The van der Waals surface area contributed by atoms with Crippen molar-refractivity contribution in [3.63, 3.8) is 0 Å². The molecule has 0 aliphatic rings. The smallest absolute Gasteiger partial charge is 0.462 e. The van der Waals surface area contributed by atoms with Crippen molar-refractivity contribution in [3.8, 4) is 0 Å². The number of ether oxygens (including phenoxy) is 4. The van der Waals surface area contributed by atoms with E-state index in [0.29, 0.717) is 25.7 Å². The number of carbonyl (C=O) groups is 4. The fourth-order valence-electron chi connectivity index (χ4n) is 11.0. The van der Waals surface area contributed by atoms with Crippen LogP contribution in [0.4, 0.5) is 0 Å². The first-order chi connectivity index (χ1) is 44.1. The Morgan fingerprint density at radius 2 is 0.527 bits per heavy atom. The predicted octanol–water partition coefficient (Wildman–Crippen LogP) is 20.9. The molecule has 3 unspecified atom stereocenters. The maximum atomic E-state index is 13.0. The molecule has 91 heavy (non-hydrogen) atoms. The molecule has 540 valence electrons. The fourth-order valence-corrected chi connectivity index (χ4v) is 12.5. The van der Waals surface area contributed by atoms with Crippen molar-refractivity contribution >= 4 is 39.5 Å². The van der Waals surface area contributed by atoms with Crippen molar-refractivity contribution in [2.45, 2.75) is 393 Å². The number of aliphatic hydroxyl groups excluding tert-OH is 1. The van der Waals surface area contributed by atoms with E-state index in [1.165, 1.54) is 199 Å². The van der Waals surface area contributed by atoms with Gasteiger partial charge in [-0.1, -0.05) is 324 Å². The SMILES string of the molecule is CCCCCCCCCCCCCCCCCC(=O)OC[C@H](COP(=O)(O)OC[C@@H](O)COP(=O)(O)OC[C@@H](COC(=O)CCCCCCCCCCC)OC(=O)CCCCCCCCCCC(C)CC)OC(=O)CCCCCCCCCCCCCCCCC. The zero-order valence-electron chi connectivity index (χ0n) is 59.0. The number of hydrogen-bond acceptors (Lipinski definition) is 15. The van der Waals surface area contributed by atoms with Gasteiger partial charge < -0.3 is 33.8 Å². The molecule has 0 aliphatic heterocycles. The average molecular weight is 1340 g/mol. The highest BCUT2D eigenvalue weighted by atomic mass is 31.2. The first-order valence-corrected chi connectivity index (χ1v) is 40.7. The number of esters is 4. The minimum absolute atomic E-state index is 0.105. The number of hydrogen-bond donors (Lipinski definition) is 3. The zero-order chi connectivity index (χ0) is 67.0. The molecule has 6 atom stereocenters. The molecule has 0 bridgehead atoms. The van der Waals surface area contributed by atoms with Gasteiger partial charge in [-0.3, -0.25) is 37.3 Å². The second-order valence-corrected chi connectivity index (χ2v) is 29.1. The van der Waals surface area contributed by atoms with Gasteiger partial charge in [0.05, 0.1) is 26.4 Å². The molecule has 19 heteroatoms. The molecule has 0 radical (unpaired) electrons. The molecule has 0 aromatic heterocycles. The minimum atomic E-state index is -4.95. The Morgan fingerprint density at radius 3 is 0.780 bits per heavy atom. The van der Waals surface area contributed by atoms with Crippen molar-refractivity contribution in [2.75, 3.05) is 39.6 Å². The summed E-state index contributed by atoms with van der Waals surface area (Å²) in [7, 11) is -9.90. The molecule has 0 saturated carbocycles. The molecule has 0 aromatic rings. The summed E-state index contributed by atoms with van der Waals surface area (Å²) < 4.78 is 68.4. The lowest BCUT2D eigenvalue weighted by Crippen LogP contribution is -2.30. The topological polar surface area (TPSA) is 237 Å². The van der Waals surface area contributed by atoms with Crippen LogP contribution in [0.5, 0.6) is 0 Å². The highest BCUT2D eigenvalue weighted by Gasteiger charge is 2.30. The molecule has 0 amide bonds. The summed E-state index contributed by atoms with van der Waals surface area (Å²) in [6.07, 6.45) is 52.6. The van der Waals surface area contributed by atoms with Crippen LogP contribution in [0.2, 0.25) is 0 Å². The first kappa shape index (κ1) is 89.1. The summed E-state index contributed by atoms with van der Waals surface area (Å²) in [5.41, 5.74) is 0.